The summed E-state index contributed by atoms with van der Waals surface area (Å²) in [6.07, 6.45) is 5.50. The van der Waals surface area contributed by atoms with Gasteiger partial charge in [-0.25, -0.2) is 0 Å². The Labute approximate surface area is 110 Å². The second-order valence-electron chi connectivity index (χ2n) is 5.21. The molecule has 2 fully saturated rings. The van der Waals surface area contributed by atoms with Crippen molar-refractivity contribution in [3.8, 4) is 0 Å². The van der Waals surface area contributed by atoms with Crippen LogP contribution in [0.25, 0.3) is 0 Å². The number of hydrogen-bond donors (Lipinski definition) is 0. The summed E-state index contributed by atoms with van der Waals surface area (Å²) in [6, 6.07) is 0. The molecule has 0 aromatic carbocycles. The molecule has 5 nitrogen and oxygen atoms in total. The highest BCUT2D eigenvalue weighted by Crippen LogP contribution is 2.18. The zero-order chi connectivity index (χ0) is 13.0. The topological polar surface area (TPSA) is 49.9 Å². The van der Waals surface area contributed by atoms with Crippen LogP contribution in [0.3, 0.4) is 0 Å². The molecule has 0 aliphatic carbocycles. The van der Waals surface area contributed by atoms with E-state index in [1.54, 1.807) is 8.61 Å². The van der Waals surface area contributed by atoms with E-state index >= 15 is 0 Å². The molecule has 2 heterocycles. The fourth-order valence-electron chi connectivity index (χ4n) is 2.61. The third kappa shape index (κ3) is 3.44. The van der Waals surface area contributed by atoms with Crippen LogP contribution in [0.4, 0.5) is 0 Å². The van der Waals surface area contributed by atoms with Gasteiger partial charge in [-0.2, -0.15) is 17.0 Å². The predicted molar refractivity (Wildman–Crippen MR) is 70.6 cm³/mol. The molecule has 0 N–H and O–H groups in total. The highest BCUT2D eigenvalue weighted by atomic mass is 32.2. The molecular weight excluding hydrogens is 252 g/mol. The van der Waals surface area contributed by atoms with Crippen LogP contribution in [0.5, 0.6) is 0 Å². The summed E-state index contributed by atoms with van der Waals surface area (Å²) in [4.78, 5) is 0. The van der Waals surface area contributed by atoms with Crippen LogP contribution in [0, 0.1) is 0 Å². The molecule has 0 unspecified atom stereocenters. The maximum atomic E-state index is 12.5. The Morgan fingerprint density at radius 1 is 0.944 bits per heavy atom. The molecule has 0 aromatic heterocycles. The van der Waals surface area contributed by atoms with Gasteiger partial charge in [-0.15, -0.1) is 0 Å². The molecule has 0 saturated carbocycles. The Balaban J connectivity index is 2.03. The van der Waals surface area contributed by atoms with Crippen LogP contribution in [-0.4, -0.2) is 55.9 Å². The van der Waals surface area contributed by atoms with Crippen molar-refractivity contribution in [2.24, 2.45) is 0 Å². The van der Waals surface area contributed by atoms with Crippen LogP contribution >= 0.6 is 0 Å². The van der Waals surface area contributed by atoms with Gasteiger partial charge in [-0.1, -0.05) is 19.3 Å². The predicted octanol–water partition coefficient (Wildman–Crippen LogP) is 1.22. The quantitative estimate of drug-likeness (QED) is 0.762. The number of ether oxygens (including phenoxy) is 1. The minimum absolute atomic E-state index is 0.00304. The van der Waals surface area contributed by atoms with E-state index in [1.807, 2.05) is 6.92 Å². The molecule has 0 bridgehead atoms. The SMILES string of the molecule is C[C@H]1CN(S(=O)(=O)N2CCCCCCC2)CCO1. The number of hydrogen-bond acceptors (Lipinski definition) is 3. The van der Waals surface area contributed by atoms with Crippen LogP contribution in [0.15, 0.2) is 0 Å². The average molecular weight is 276 g/mol. The van der Waals surface area contributed by atoms with E-state index in [2.05, 4.69) is 0 Å². The lowest BCUT2D eigenvalue weighted by Gasteiger charge is -2.35. The first-order valence-electron chi connectivity index (χ1n) is 6.97. The van der Waals surface area contributed by atoms with E-state index in [0.29, 0.717) is 32.8 Å². The van der Waals surface area contributed by atoms with Crippen molar-refractivity contribution in [2.75, 3.05) is 32.8 Å². The van der Waals surface area contributed by atoms with Crippen LogP contribution in [0.2, 0.25) is 0 Å². The standard InChI is InChI=1S/C12H24N2O3S/c1-12-11-14(9-10-17-12)18(15,16)13-7-5-3-2-4-6-8-13/h12H,2-11H2,1H3/t12-/m0/s1. The van der Waals surface area contributed by atoms with Crippen LogP contribution in [-0.2, 0) is 14.9 Å². The Morgan fingerprint density at radius 2 is 1.56 bits per heavy atom. The zero-order valence-electron chi connectivity index (χ0n) is 11.2. The van der Waals surface area contributed by atoms with Crippen LogP contribution in [0.1, 0.15) is 39.0 Å². The van der Waals surface area contributed by atoms with E-state index in [9.17, 15) is 8.42 Å². The highest BCUT2D eigenvalue weighted by molar-refractivity contribution is 7.86. The fourth-order valence-corrected chi connectivity index (χ4v) is 4.36. The van der Waals surface area contributed by atoms with Crippen LogP contribution < -0.4 is 0 Å². The van der Waals surface area contributed by atoms with Crippen molar-refractivity contribution in [1.29, 1.82) is 0 Å². The second-order valence-corrected chi connectivity index (χ2v) is 7.14. The lowest BCUT2D eigenvalue weighted by atomic mass is 10.1. The highest BCUT2D eigenvalue weighted by Gasteiger charge is 2.32. The molecule has 2 saturated heterocycles. The van der Waals surface area contributed by atoms with Gasteiger partial charge in [0.2, 0.25) is 0 Å². The van der Waals surface area contributed by atoms with E-state index in [0.717, 1.165) is 25.7 Å². The summed E-state index contributed by atoms with van der Waals surface area (Å²) in [5.74, 6) is 0. The summed E-state index contributed by atoms with van der Waals surface area (Å²) in [6.45, 7) is 4.76. The lowest BCUT2D eigenvalue weighted by Crippen LogP contribution is -2.51. The van der Waals surface area contributed by atoms with Crippen molar-refractivity contribution >= 4 is 10.2 Å². The van der Waals surface area contributed by atoms with Gasteiger partial charge in [0.25, 0.3) is 10.2 Å². The second kappa shape index (κ2) is 6.32. The monoisotopic (exact) mass is 276 g/mol. The third-order valence-electron chi connectivity index (χ3n) is 3.67. The van der Waals surface area contributed by atoms with Crippen molar-refractivity contribution in [3.63, 3.8) is 0 Å². The maximum absolute atomic E-state index is 12.5. The van der Waals surface area contributed by atoms with Gasteiger partial charge in [-0.3, -0.25) is 0 Å². The van der Waals surface area contributed by atoms with E-state index in [-0.39, 0.29) is 6.10 Å². The van der Waals surface area contributed by atoms with Gasteiger partial charge in [0, 0.05) is 26.2 Å². The first kappa shape index (κ1) is 14.2. The van der Waals surface area contributed by atoms with Gasteiger partial charge in [0.1, 0.15) is 0 Å². The summed E-state index contributed by atoms with van der Waals surface area (Å²) < 4.78 is 33.8. The Hall–Kier alpha value is -0.170. The molecule has 0 radical (unpaired) electrons. The van der Waals surface area contributed by atoms with Crippen molar-refractivity contribution in [3.05, 3.63) is 0 Å². The Morgan fingerprint density at radius 3 is 2.17 bits per heavy atom. The molecule has 0 spiro atoms. The van der Waals surface area contributed by atoms with Gasteiger partial charge in [0.15, 0.2) is 0 Å². The normalized spacial score (nSPS) is 29.7. The number of nitrogens with zero attached hydrogens (tertiary/aromatic N) is 2. The first-order valence-corrected chi connectivity index (χ1v) is 8.37. The van der Waals surface area contributed by atoms with Gasteiger partial charge < -0.3 is 4.74 Å². The molecule has 2 rings (SSSR count). The molecule has 2 aliphatic rings. The van der Waals surface area contributed by atoms with Crippen molar-refractivity contribution in [1.82, 2.24) is 8.61 Å². The summed E-state index contributed by atoms with van der Waals surface area (Å²) in [5, 5.41) is 0. The minimum Gasteiger partial charge on any atom is -0.376 e. The molecule has 106 valence electrons. The molecule has 2 aliphatic heterocycles. The Bertz CT molecular complexity index is 350. The van der Waals surface area contributed by atoms with E-state index < -0.39 is 10.2 Å². The summed E-state index contributed by atoms with van der Waals surface area (Å²) in [7, 11) is -3.27. The molecule has 0 aromatic rings. The Kier molecular flexibility index (Phi) is 5.00. The molecule has 6 heteroatoms. The fraction of sp³-hybridized carbons (Fsp3) is 1.00. The molecular formula is C12H24N2O3S. The van der Waals surface area contributed by atoms with E-state index in [1.165, 1.54) is 6.42 Å². The van der Waals surface area contributed by atoms with Crippen molar-refractivity contribution in [2.45, 2.75) is 45.1 Å². The van der Waals surface area contributed by atoms with E-state index in [4.69, 9.17) is 4.74 Å². The number of rotatable bonds is 2. The molecule has 18 heavy (non-hydrogen) atoms. The summed E-state index contributed by atoms with van der Waals surface area (Å²) >= 11 is 0. The third-order valence-corrected chi connectivity index (χ3v) is 5.67. The van der Waals surface area contributed by atoms with Crippen molar-refractivity contribution < 1.29 is 13.2 Å². The maximum Gasteiger partial charge on any atom is 0.282 e. The van der Waals surface area contributed by atoms with Gasteiger partial charge in [0.05, 0.1) is 12.7 Å². The average Bonchev–Trinajstić information content (AvgIpc) is 2.27. The lowest BCUT2D eigenvalue weighted by molar-refractivity contribution is 0.00819. The largest absolute Gasteiger partial charge is 0.376 e. The van der Waals surface area contributed by atoms with Gasteiger partial charge in [-0.05, 0) is 19.8 Å². The minimum atomic E-state index is -3.27. The number of morpholine rings is 1. The van der Waals surface area contributed by atoms with Gasteiger partial charge >= 0.3 is 0 Å². The zero-order valence-corrected chi connectivity index (χ0v) is 12.0. The first-order chi connectivity index (χ1) is 8.60. The smallest absolute Gasteiger partial charge is 0.282 e. The summed E-state index contributed by atoms with van der Waals surface area (Å²) in [5.41, 5.74) is 0. The molecule has 1 atom stereocenters. The molecule has 0 amide bonds.